The highest BCUT2D eigenvalue weighted by molar-refractivity contribution is 5.13. The Morgan fingerprint density at radius 2 is 1.76 bits per heavy atom. The topological polar surface area (TPSA) is 18.5 Å². The lowest BCUT2D eigenvalue weighted by molar-refractivity contribution is -0.217. The smallest absolute Gasteiger partial charge is 0.169 e. The average molecular weight is 290 g/mol. The molecule has 0 amide bonds. The number of rotatable bonds is 0. The van der Waals surface area contributed by atoms with E-state index in [0.29, 0.717) is 11.3 Å². The van der Waals surface area contributed by atoms with Crippen molar-refractivity contribution in [1.29, 1.82) is 0 Å². The van der Waals surface area contributed by atoms with Crippen LogP contribution in [0.5, 0.6) is 0 Å². The van der Waals surface area contributed by atoms with E-state index < -0.39 is 0 Å². The summed E-state index contributed by atoms with van der Waals surface area (Å²) >= 11 is 0. The molecule has 2 unspecified atom stereocenters. The van der Waals surface area contributed by atoms with E-state index in [1.54, 1.807) is 0 Å². The van der Waals surface area contributed by atoms with Gasteiger partial charge in [-0.3, -0.25) is 0 Å². The molecule has 0 aromatic carbocycles. The standard InChI is InChI=1S/C19H30O2/c1-17(2,3)8-5-15-6-9-18(4)14-19(20-11-12-21-19)10-7-16(18)13-15/h15-16H,6-7,9-14H2,1-4H3/t15?,16?,18-/m1/s1. The van der Waals surface area contributed by atoms with Gasteiger partial charge >= 0.3 is 0 Å². The van der Waals surface area contributed by atoms with E-state index in [4.69, 9.17) is 9.47 Å². The van der Waals surface area contributed by atoms with Crippen LogP contribution in [0, 0.1) is 34.5 Å². The summed E-state index contributed by atoms with van der Waals surface area (Å²) in [4.78, 5) is 0. The maximum absolute atomic E-state index is 5.96. The molecular formula is C19H30O2. The Balaban J connectivity index is 1.67. The van der Waals surface area contributed by atoms with Crippen LogP contribution in [0.4, 0.5) is 0 Å². The van der Waals surface area contributed by atoms with E-state index in [9.17, 15) is 0 Å². The minimum atomic E-state index is -0.241. The molecule has 0 N–H and O–H groups in total. The predicted octanol–water partition coefficient (Wildman–Crippen LogP) is 4.39. The Kier molecular flexibility index (Phi) is 3.87. The van der Waals surface area contributed by atoms with Gasteiger partial charge in [-0.2, -0.15) is 0 Å². The number of fused-ring (bicyclic) bond motifs is 1. The van der Waals surface area contributed by atoms with Gasteiger partial charge in [0, 0.05) is 24.2 Å². The van der Waals surface area contributed by atoms with Crippen molar-refractivity contribution in [3.63, 3.8) is 0 Å². The fourth-order valence-electron chi connectivity index (χ4n) is 4.44. The van der Waals surface area contributed by atoms with Crippen molar-refractivity contribution >= 4 is 0 Å². The first-order valence-electron chi connectivity index (χ1n) is 8.61. The van der Waals surface area contributed by atoms with Gasteiger partial charge in [-0.25, -0.2) is 0 Å². The summed E-state index contributed by atoms with van der Waals surface area (Å²) in [6, 6.07) is 0. The summed E-state index contributed by atoms with van der Waals surface area (Å²) in [5.41, 5.74) is 0.519. The minimum absolute atomic E-state index is 0.128. The van der Waals surface area contributed by atoms with Crippen molar-refractivity contribution in [2.75, 3.05) is 13.2 Å². The predicted molar refractivity (Wildman–Crippen MR) is 84.7 cm³/mol. The number of hydrogen-bond donors (Lipinski definition) is 0. The molecule has 1 spiro atoms. The van der Waals surface area contributed by atoms with E-state index in [-0.39, 0.29) is 11.2 Å². The molecule has 0 bridgehead atoms. The first kappa shape index (κ1) is 15.4. The molecule has 3 rings (SSSR count). The second-order valence-corrected chi connectivity index (χ2v) is 8.66. The zero-order chi connectivity index (χ0) is 15.1. The first-order chi connectivity index (χ1) is 9.80. The summed E-state index contributed by atoms with van der Waals surface area (Å²) in [6.45, 7) is 10.6. The summed E-state index contributed by atoms with van der Waals surface area (Å²) in [7, 11) is 0. The van der Waals surface area contributed by atoms with Gasteiger partial charge in [-0.1, -0.05) is 18.8 Å². The highest BCUT2D eigenvalue weighted by Gasteiger charge is 2.52. The van der Waals surface area contributed by atoms with Crippen LogP contribution in [0.25, 0.3) is 0 Å². The summed E-state index contributed by atoms with van der Waals surface area (Å²) < 4.78 is 11.9. The van der Waals surface area contributed by atoms with E-state index in [1.165, 1.54) is 25.7 Å². The second-order valence-electron chi connectivity index (χ2n) is 8.66. The molecule has 0 radical (unpaired) electrons. The van der Waals surface area contributed by atoms with Gasteiger partial charge in [0.2, 0.25) is 0 Å². The van der Waals surface area contributed by atoms with Crippen molar-refractivity contribution in [3.05, 3.63) is 0 Å². The summed E-state index contributed by atoms with van der Waals surface area (Å²) in [5.74, 6) is 8.16. The third-order valence-electron chi connectivity index (χ3n) is 5.63. The van der Waals surface area contributed by atoms with Gasteiger partial charge in [0.05, 0.1) is 13.2 Å². The zero-order valence-electron chi connectivity index (χ0n) is 14.1. The van der Waals surface area contributed by atoms with Crippen molar-refractivity contribution in [1.82, 2.24) is 0 Å². The maximum Gasteiger partial charge on any atom is 0.169 e. The lowest BCUT2D eigenvalue weighted by Gasteiger charge is -2.51. The molecule has 3 aliphatic rings. The maximum atomic E-state index is 5.96. The van der Waals surface area contributed by atoms with Crippen LogP contribution in [0.1, 0.15) is 66.2 Å². The molecule has 118 valence electrons. The van der Waals surface area contributed by atoms with Crippen molar-refractivity contribution in [2.24, 2.45) is 22.7 Å². The van der Waals surface area contributed by atoms with Crippen LogP contribution in [-0.4, -0.2) is 19.0 Å². The van der Waals surface area contributed by atoms with Gasteiger partial charge in [0.25, 0.3) is 0 Å². The molecule has 2 saturated carbocycles. The minimum Gasteiger partial charge on any atom is -0.348 e. The molecule has 3 fully saturated rings. The molecule has 1 heterocycles. The van der Waals surface area contributed by atoms with E-state index in [2.05, 4.69) is 39.5 Å². The lowest BCUT2D eigenvalue weighted by Crippen LogP contribution is -2.48. The highest BCUT2D eigenvalue weighted by Crippen LogP contribution is 2.56. The fraction of sp³-hybridized carbons (Fsp3) is 0.895. The van der Waals surface area contributed by atoms with E-state index in [1.807, 2.05) is 0 Å². The monoisotopic (exact) mass is 290 g/mol. The number of ether oxygens (including phenoxy) is 2. The zero-order valence-corrected chi connectivity index (χ0v) is 14.1. The Hall–Kier alpha value is -0.520. The first-order valence-corrected chi connectivity index (χ1v) is 8.61. The van der Waals surface area contributed by atoms with Crippen LogP contribution >= 0.6 is 0 Å². The van der Waals surface area contributed by atoms with Crippen molar-refractivity contribution in [2.45, 2.75) is 72.0 Å². The number of hydrogen-bond acceptors (Lipinski definition) is 2. The van der Waals surface area contributed by atoms with Crippen molar-refractivity contribution in [3.8, 4) is 11.8 Å². The van der Waals surface area contributed by atoms with Crippen LogP contribution in [0.15, 0.2) is 0 Å². The van der Waals surface area contributed by atoms with Crippen LogP contribution < -0.4 is 0 Å². The van der Waals surface area contributed by atoms with Crippen LogP contribution in [0.3, 0.4) is 0 Å². The van der Waals surface area contributed by atoms with E-state index in [0.717, 1.165) is 32.0 Å². The summed E-state index contributed by atoms with van der Waals surface area (Å²) in [6.07, 6.45) is 7.19. The molecule has 2 nitrogen and oxygen atoms in total. The normalized spacial score (nSPS) is 38.7. The largest absolute Gasteiger partial charge is 0.348 e. The van der Waals surface area contributed by atoms with Gasteiger partial charge in [0.15, 0.2) is 5.79 Å². The Morgan fingerprint density at radius 1 is 1.05 bits per heavy atom. The molecule has 2 heteroatoms. The lowest BCUT2D eigenvalue weighted by atomic mass is 9.57. The molecule has 0 aromatic heterocycles. The quantitative estimate of drug-likeness (QED) is 0.616. The van der Waals surface area contributed by atoms with Gasteiger partial charge in [-0.15, -0.1) is 0 Å². The molecule has 1 aliphatic heterocycles. The Bertz CT molecular complexity index is 444. The second kappa shape index (κ2) is 5.28. The van der Waals surface area contributed by atoms with Gasteiger partial charge < -0.3 is 9.47 Å². The van der Waals surface area contributed by atoms with Gasteiger partial charge in [0.1, 0.15) is 0 Å². The third kappa shape index (κ3) is 3.30. The summed E-state index contributed by atoms with van der Waals surface area (Å²) in [5, 5.41) is 0. The Labute approximate surface area is 130 Å². The Morgan fingerprint density at radius 3 is 2.43 bits per heavy atom. The highest BCUT2D eigenvalue weighted by atomic mass is 16.7. The average Bonchev–Trinajstić information content (AvgIpc) is 2.83. The molecule has 3 atom stereocenters. The third-order valence-corrected chi connectivity index (χ3v) is 5.63. The van der Waals surface area contributed by atoms with Crippen LogP contribution in [-0.2, 0) is 9.47 Å². The molecular weight excluding hydrogens is 260 g/mol. The van der Waals surface area contributed by atoms with Crippen LogP contribution in [0.2, 0.25) is 0 Å². The van der Waals surface area contributed by atoms with E-state index >= 15 is 0 Å². The SMILES string of the molecule is CC(C)(C)C#CC1CC[C@]2(C)CC3(CCC2C1)OCCO3. The van der Waals surface area contributed by atoms with Gasteiger partial charge in [-0.05, 0) is 57.8 Å². The van der Waals surface area contributed by atoms with Crippen molar-refractivity contribution < 1.29 is 9.47 Å². The molecule has 1 saturated heterocycles. The molecule has 0 aromatic rings. The fourth-order valence-corrected chi connectivity index (χ4v) is 4.44. The molecule has 2 aliphatic carbocycles. The molecule has 21 heavy (non-hydrogen) atoms.